The van der Waals surface area contributed by atoms with E-state index >= 15 is 0 Å². The minimum atomic E-state index is 0.0633. The van der Waals surface area contributed by atoms with Gasteiger partial charge in [0.25, 0.3) is 0 Å². The zero-order chi connectivity index (χ0) is 19.8. The van der Waals surface area contributed by atoms with Crippen molar-refractivity contribution in [2.45, 2.75) is 32.7 Å². The summed E-state index contributed by atoms with van der Waals surface area (Å²) in [5.74, 6) is 0.854. The van der Waals surface area contributed by atoms with Crippen LogP contribution in [0.2, 0.25) is 5.02 Å². The van der Waals surface area contributed by atoms with Gasteiger partial charge in [-0.15, -0.1) is 0 Å². The average molecular weight is 410 g/mol. The largest absolute Gasteiger partial charge is 0.355 e. The minimum Gasteiger partial charge on any atom is -0.355 e. The highest BCUT2D eigenvalue weighted by molar-refractivity contribution is 7.09. The lowest BCUT2D eigenvalue weighted by atomic mass is 10.1. The maximum absolute atomic E-state index is 12.1. The SMILES string of the molecule is CC(C)N(CCC(=O)NCCN(C)C)c1nc(Cc2ccc(Cl)cc2)ns1. The molecule has 1 aromatic carbocycles. The Morgan fingerprint density at radius 3 is 2.56 bits per heavy atom. The van der Waals surface area contributed by atoms with Gasteiger partial charge in [-0.2, -0.15) is 4.37 Å². The number of rotatable bonds is 10. The van der Waals surface area contributed by atoms with Gasteiger partial charge < -0.3 is 15.1 Å². The molecule has 148 valence electrons. The summed E-state index contributed by atoms with van der Waals surface area (Å²) in [6, 6.07) is 7.97. The summed E-state index contributed by atoms with van der Waals surface area (Å²) in [7, 11) is 3.98. The van der Waals surface area contributed by atoms with Crippen molar-refractivity contribution in [3.8, 4) is 0 Å². The second-order valence-corrected chi connectivity index (χ2v) is 8.15. The van der Waals surface area contributed by atoms with E-state index in [0.29, 0.717) is 25.9 Å². The minimum absolute atomic E-state index is 0.0633. The van der Waals surface area contributed by atoms with Crippen LogP contribution in [0.15, 0.2) is 24.3 Å². The molecule has 8 heteroatoms. The van der Waals surface area contributed by atoms with Crippen molar-refractivity contribution in [3.63, 3.8) is 0 Å². The molecule has 2 rings (SSSR count). The Morgan fingerprint density at radius 1 is 1.22 bits per heavy atom. The van der Waals surface area contributed by atoms with E-state index in [4.69, 9.17) is 11.6 Å². The summed E-state index contributed by atoms with van der Waals surface area (Å²) >= 11 is 7.31. The van der Waals surface area contributed by atoms with Crippen LogP contribution in [0, 0.1) is 0 Å². The number of nitrogens with one attached hydrogen (secondary N) is 1. The van der Waals surface area contributed by atoms with Crippen molar-refractivity contribution < 1.29 is 4.79 Å². The third-order valence-corrected chi connectivity index (χ3v) is 5.11. The molecular weight excluding hydrogens is 382 g/mol. The van der Waals surface area contributed by atoms with Gasteiger partial charge in [0.05, 0.1) is 0 Å². The molecule has 0 radical (unpaired) electrons. The summed E-state index contributed by atoms with van der Waals surface area (Å²) < 4.78 is 4.48. The van der Waals surface area contributed by atoms with Crippen LogP contribution in [0.25, 0.3) is 0 Å². The van der Waals surface area contributed by atoms with Gasteiger partial charge in [-0.05, 0) is 45.6 Å². The molecule has 0 aliphatic rings. The molecule has 27 heavy (non-hydrogen) atoms. The van der Waals surface area contributed by atoms with Gasteiger partial charge >= 0.3 is 0 Å². The van der Waals surface area contributed by atoms with Crippen molar-refractivity contribution in [1.82, 2.24) is 19.6 Å². The number of carbonyl (C=O) groups excluding carboxylic acids is 1. The first-order chi connectivity index (χ1) is 12.8. The summed E-state index contributed by atoms with van der Waals surface area (Å²) in [5.41, 5.74) is 1.13. The lowest BCUT2D eigenvalue weighted by Gasteiger charge is -2.25. The Hall–Kier alpha value is -1.70. The van der Waals surface area contributed by atoms with E-state index in [0.717, 1.165) is 28.1 Å². The lowest BCUT2D eigenvalue weighted by molar-refractivity contribution is -0.120. The van der Waals surface area contributed by atoms with Crippen molar-refractivity contribution in [3.05, 3.63) is 40.7 Å². The van der Waals surface area contributed by atoms with E-state index in [1.54, 1.807) is 0 Å². The van der Waals surface area contributed by atoms with Crippen LogP contribution in [0.3, 0.4) is 0 Å². The molecule has 2 aromatic rings. The van der Waals surface area contributed by atoms with Gasteiger partial charge in [-0.25, -0.2) is 4.98 Å². The summed E-state index contributed by atoms with van der Waals surface area (Å²) in [5, 5.41) is 4.53. The maximum atomic E-state index is 12.1. The fraction of sp³-hybridized carbons (Fsp3) is 0.526. The fourth-order valence-corrected chi connectivity index (χ4v) is 3.49. The molecule has 0 atom stereocenters. The molecule has 1 aromatic heterocycles. The highest BCUT2D eigenvalue weighted by Gasteiger charge is 2.17. The van der Waals surface area contributed by atoms with E-state index in [-0.39, 0.29) is 11.9 Å². The van der Waals surface area contributed by atoms with Gasteiger partial charge in [0.2, 0.25) is 11.0 Å². The average Bonchev–Trinajstić information content (AvgIpc) is 3.04. The second kappa shape index (κ2) is 10.6. The summed E-state index contributed by atoms with van der Waals surface area (Å²) in [4.78, 5) is 20.9. The summed E-state index contributed by atoms with van der Waals surface area (Å²) in [6.45, 7) is 6.33. The van der Waals surface area contributed by atoms with Crippen LogP contribution in [-0.2, 0) is 11.2 Å². The van der Waals surface area contributed by atoms with Crippen LogP contribution in [0.4, 0.5) is 5.13 Å². The Labute approximate surface area is 170 Å². The number of halogens is 1. The first kappa shape index (κ1) is 21.6. The van der Waals surface area contributed by atoms with Gasteiger partial charge in [-0.3, -0.25) is 4.79 Å². The third-order valence-electron chi connectivity index (χ3n) is 4.06. The molecule has 1 amide bonds. The Morgan fingerprint density at radius 2 is 1.93 bits per heavy atom. The van der Waals surface area contributed by atoms with Crippen LogP contribution < -0.4 is 10.2 Å². The molecular formula is C19H28ClN5OS. The molecule has 0 bridgehead atoms. The van der Waals surface area contributed by atoms with Crippen LogP contribution in [-0.4, -0.2) is 59.9 Å². The second-order valence-electron chi connectivity index (χ2n) is 6.99. The van der Waals surface area contributed by atoms with E-state index in [1.807, 2.05) is 43.3 Å². The number of hydrogen-bond acceptors (Lipinski definition) is 6. The molecule has 0 aliphatic carbocycles. The van der Waals surface area contributed by atoms with E-state index in [2.05, 4.69) is 33.4 Å². The van der Waals surface area contributed by atoms with Crippen LogP contribution in [0.5, 0.6) is 0 Å². The number of amides is 1. The van der Waals surface area contributed by atoms with E-state index in [1.165, 1.54) is 11.5 Å². The predicted octanol–water partition coefficient (Wildman–Crippen LogP) is 3.07. The zero-order valence-electron chi connectivity index (χ0n) is 16.4. The highest BCUT2D eigenvalue weighted by atomic mass is 35.5. The fourth-order valence-electron chi connectivity index (χ4n) is 2.52. The first-order valence-corrected chi connectivity index (χ1v) is 10.3. The number of anilines is 1. The van der Waals surface area contributed by atoms with Gasteiger partial charge in [0.15, 0.2) is 0 Å². The Bertz CT molecular complexity index is 717. The predicted molar refractivity (Wildman–Crippen MR) is 113 cm³/mol. The van der Waals surface area contributed by atoms with Crippen molar-refractivity contribution in [2.24, 2.45) is 0 Å². The monoisotopic (exact) mass is 409 g/mol. The Balaban J connectivity index is 1.91. The smallest absolute Gasteiger partial charge is 0.221 e. The third kappa shape index (κ3) is 7.44. The maximum Gasteiger partial charge on any atom is 0.221 e. The number of aromatic nitrogens is 2. The summed E-state index contributed by atoms with van der Waals surface area (Å²) in [6.07, 6.45) is 1.11. The van der Waals surface area contributed by atoms with Gasteiger partial charge in [-0.1, -0.05) is 23.7 Å². The van der Waals surface area contributed by atoms with Crippen molar-refractivity contribution in [2.75, 3.05) is 38.6 Å². The molecule has 0 saturated heterocycles. The van der Waals surface area contributed by atoms with E-state index < -0.39 is 0 Å². The number of benzene rings is 1. The molecule has 1 N–H and O–H groups in total. The normalized spacial score (nSPS) is 11.2. The molecule has 0 aliphatic heterocycles. The quantitative estimate of drug-likeness (QED) is 0.653. The molecule has 0 spiro atoms. The van der Waals surface area contributed by atoms with Gasteiger partial charge in [0, 0.05) is 55.1 Å². The van der Waals surface area contributed by atoms with Crippen LogP contribution >= 0.6 is 23.1 Å². The number of hydrogen-bond donors (Lipinski definition) is 1. The zero-order valence-corrected chi connectivity index (χ0v) is 18.0. The van der Waals surface area contributed by atoms with E-state index in [9.17, 15) is 4.79 Å². The molecule has 0 fully saturated rings. The number of likely N-dealkylation sites (N-methyl/N-ethyl adjacent to an activating group) is 1. The first-order valence-electron chi connectivity index (χ1n) is 9.10. The molecule has 0 unspecified atom stereocenters. The van der Waals surface area contributed by atoms with Gasteiger partial charge in [0.1, 0.15) is 5.82 Å². The topological polar surface area (TPSA) is 61.4 Å². The number of carbonyl (C=O) groups is 1. The standard InChI is InChI=1S/C19H28ClN5OS/c1-14(2)25(11-9-18(26)21-10-12-24(3)4)19-22-17(23-27-19)13-15-5-7-16(20)8-6-15/h5-8,14H,9-13H2,1-4H3,(H,21,26). The Kier molecular flexibility index (Phi) is 8.47. The molecule has 6 nitrogen and oxygen atoms in total. The highest BCUT2D eigenvalue weighted by Crippen LogP contribution is 2.22. The molecule has 0 saturated carbocycles. The molecule has 1 heterocycles. The van der Waals surface area contributed by atoms with Crippen molar-refractivity contribution >= 4 is 34.2 Å². The van der Waals surface area contributed by atoms with Crippen LogP contribution in [0.1, 0.15) is 31.7 Å². The number of nitrogens with zero attached hydrogens (tertiary/aromatic N) is 4. The lowest BCUT2D eigenvalue weighted by Crippen LogP contribution is -2.37. The van der Waals surface area contributed by atoms with Crippen molar-refractivity contribution in [1.29, 1.82) is 0 Å².